The molecule has 0 radical (unpaired) electrons. The van der Waals surface area contributed by atoms with Crippen LogP contribution >= 0.6 is 0 Å². The van der Waals surface area contributed by atoms with Crippen LogP contribution in [0.25, 0.3) is 0 Å². The Hall–Kier alpha value is -0.680. The lowest BCUT2D eigenvalue weighted by atomic mass is 9.79. The first-order valence-electron chi connectivity index (χ1n) is 10.1. The Bertz CT molecular complexity index is 510. The summed E-state index contributed by atoms with van der Waals surface area (Å²) in [6.07, 6.45) is 13.5. The van der Waals surface area contributed by atoms with Crippen molar-refractivity contribution < 1.29 is 19.7 Å². The SMILES string of the molecule is C=C[C@@H]1C[C@@H]2[C@H](O)[C@H](CO)[C@@H]([C@H]3COC4(CCCCC4)O3)C=C[C@@H]2C1. The van der Waals surface area contributed by atoms with Crippen LogP contribution in [0.15, 0.2) is 24.8 Å². The lowest BCUT2D eigenvalue weighted by molar-refractivity contribution is -0.193. The van der Waals surface area contributed by atoms with Crippen molar-refractivity contribution in [2.24, 2.45) is 29.6 Å². The zero-order valence-electron chi connectivity index (χ0n) is 15.1. The summed E-state index contributed by atoms with van der Waals surface area (Å²) in [6.45, 7) is 4.49. The normalized spacial score (nSPS) is 46.1. The molecule has 0 amide bonds. The average molecular weight is 348 g/mol. The van der Waals surface area contributed by atoms with E-state index in [1.807, 2.05) is 6.08 Å². The highest BCUT2D eigenvalue weighted by Crippen LogP contribution is 2.47. The van der Waals surface area contributed by atoms with E-state index in [9.17, 15) is 10.2 Å². The minimum absolute atomic E-state index is 0.00892. The van der Waals surface area contributed by atoms with Gasteiger partial charge in [-0.05, 0) is 43.4 Å². The Morgan fingerprint density at radius 2 is 1.96 bits per heavy atom. The van der Waals surface area contributed by atoms with Gasteiger partial charge in [-0.25, -0.2) is 0 Å². The van der Waals surface area contributed by atoms with Gasteiger partial charge >= 0.3 is 0 Å². The van der Waals surface area contributed by atoms with Gasteiger partial charge in [0.15, 0.2) is 5.79 Å². The van der Waals surface area contributed by atoms with E-state index in [-0.39, 0.29) is 30.5 Å². The lowest BCUT2D eigenvalue weighted by Gasteiger charge is -2.35. The summed E-state index contributed by atoms with van der Waals surface area (Å²) in [5.41, 5.74) is 0. The van der Waals surface area contributed by atoms with E-state index in [2.05, 4.69) is 18.7 Å². The van der Waals surface area contributed by atoms with E-state index in [1.165, 1.54) is 6.42 Å². The van der Waals surface area contributed by atoms with E-state index in [0.717, 1.165) is 38.5 Å². The molecular formula is C21H32O4. The molecule has 4 aliphatic rings. The maximum absolute atomic E-state index is 11.0. The van der Waals surface area contributed by atoms with Crippen LogP contribution in [0.1, 0.15) is 44.9 Å². The number of aliphatic hydroxyl groups is 2. The maximum atomic E-state index is 11.0. The minimum atomic E-state index is -0.494. The summed E-state index contributed by atoms with van der Waals surface area (Å²) in [6, 6.07) is 0. The number of ether oxygens (including phenoxy) is 2. The molecule has 4 rings (SSSR count). The average Bonchev–Trinajstić information content (AvgIpc) is 3.20. The van der Waals surface area contributed by atoms with Gasteiger partial charge < -0.3 is 19.7 Å². The van der Waals surface area contributed by atoms with Gasteiger partial charge in [0.1, 0.15) is 0 Å². The molecule has 3 aliphatic carbocycles. The molecule has 25 heavy (non-hydrogen) atoms. The van der Waals surface area contributed by atoms with E-state index in [4.69, 9.17) is 9.47 Å². The van der Waals surface area contributed by atoms with Crippen molar-refractivity contribution >= 4 is 0 Å². The first kappa shape index (κ1) is 17.7. The second kappa shape index (κ2) is 7.15. The fourth-order valence-electron chi connectivity index (χ4n) is 5.66. The van der Waals surface area contributed by atoms with Crippen molar-refractivity contribution in [2.45, 2.75) is 62.9 Å². The van der Waals surface area contributed by atoms with Crippen molar-refractivity contribution in [1.29, 1.82) is 0 Å². The molecule has 0 unspecified atom stereocenters. The summed E-state index contributed by atoms with van der Waals surface area (Å²) >= 11 is 0. The molecule has 2 saturated carbocycles. The van der Waals surface area contributed by atoms with Gasteiger partial charge in [-0.1, -0.05) is 24.6 Å². The van der Waals surface area contributed by atoms with Crippen LogP contribution in [0.5, 0.6) is 0 Å². The Labute approximate surface area is 150 Å². The van der Waals surface area contributed by atoms with Crippen molar-refractivity contribution in [3.63, 3.8) is 0 Å². The molecule has 1 aliphatic heterocycles. The molecule has 0 aromatic carbocycles. The fraction of sp³-hybridized carbons (Fsp3) is 0.810. The smallest absolute Gasteiger partial charge is 0.168 e. The molecule has 2 N–H and O–H groups in total. The predicted octanol–water partition coefficient (Wildman–Crippen LogP) is 3.05. The highest BCUT2D eigenvalue weighted by Gasteiger charge is 2.49. The van der Waals surface area contributed by atoms with Gasteiger partial charge in [-0.15, -0.1) is 6.58 Å². The maximum Gasteiger partial charge on any atom is 0.168 e. The van der Waals surface area contributed by atoms with E-state index in [1.54, 1.807) is 0 Å². The second-order valence-corrected chi connectivity index (χ2v) is 8.53. The first-order valence-corrected chi connectivity index (χ1v) is 10.1. The molecule has 0 aromatic rings. The second-order valence-electron chi connectivity index (χ2n) is 8.53. The van der Waals surface area contributed by atoms with Crippen molar-refractivity contribution in [3.8, 4) is 0 Å². The number of hydrogen-bond acceptors (Lipinski definition) is 4. The Balaban J connectivity index is 1.52. The Morgan fingerprint density at radius 1 is 1.16 bits per heavy atom. The van der Waals surface area contributed by atoms with Gasteiger partial charge in [0.2, 0.25) is 0 Å². The molecule has 4 nitrogen and oxygen atoms in total. The quantitative estimate of drug-likeness (QED) is 0.770. The zero-order valence-corrected chi connectivity index (χ0v) is 15.1. The molecule has 0 bridgehead atoms. The van der Waals surface area contributed by atoms with Crippen molar-refractivity contribution in [1.82, 2.24) is 0 Å². The van der Waals surface area contributed by atoms with E-state index >= 15 is 0 Å². The van der Waals surface area contributed by atoms with Crippen LogP contribution in [-0.2, 0) is 9.47 Å². The minimum Gasteiger partial charge on any atom is -0.396 e. The molecule has 1 heterocycles. The summed E-state index contributed by atoms with van der Waals surface area (Å²) in [5.74, 6) is 0.506. The largest absolute Gasteiger partial charge is 0.396 e. The topological polar surface area (TPSA) is 58.9 Å². The van der Waals surface area contributed by atoms with Crippen LogP contribution in [0.3, 0.4) is 0 Å². The third-order valence-electron chi connectivity index (χ3n) is 7.12. The fourth-order valence-corrected chi connectivity index (χ4v) is 5.66. The van der Waals surface area contributed by atoms with Crippen LogP contribution in [0.2, 0.25) is 0 Å². The van der Waals surface area contributed by atoms with E-state index < -0.39 is 11.9 Å². The van der Waals surface area contributed by atoms with Crippen LogP contribution in [0.4, 0.5) is 0 Å². The number of rotatable bonds is 3. The number of allylic oxidation sites excluding steroid dienone is 2. The zero-order chi connectivity index (χ0) is 17.4. The summed E-state index contributed by atoms with van der Waals surface area (Å²) in [5, 5.41) is 21.1. The molecule has 3 fully saturated rings. The van der Waals surface area contributed by atoms with Gasteiger partial charge in [-0.2, -0.15) is 0 Å². The molecule has 4 heteroatoms. The van der Waals surface area contributed by atoms with Gasteiger partial charge in [0, 0.05) is 31.3 Å². The summed E-state index contributed by atoms with van der Waals surface area (Å²) in [4.78, 5) is 0. The Kier molecular flexibility index (Phi) is 5.07. The highest BCUT2D eigenvalue weighted by molar-refractivity contribution is 5.11. The Morgan fingerprint density at radius 3 is 2.68 bits per heavy atom. The number of hydrogen-bond donors (Lipinski definition) is 2. The summed E-state index contributed by atoms with van der Waals surface area (Å²) < 4.78 is 12.5. The van der Waals surface area contributed by atoms with Gasteiger partial charge in [-0.3, -0.25) is 0 Å². The van der Waals surface area contributed by atoms with Crippen LogP contribution < -0.4 is 0 Å². The molecule has 7 atom stereocenters. The monoisotopic (exact) mass is 348 g/mol. The van der Waals surface area contributed by atoms with E-state index in [0.29, 0.717) is 18.4 Å². The third-order valence-corrected chi connectivity index (χ3v) is 7.12. The van der Waals surface area contributed by atoms with Gasteiger partial charge in [0.25, 0.3) is 0 Å². The highest BCUT2D eigenvalue weighted by atomic mass is 16.7. The van der Waals surface area contributed by atoms with Crippen LogP contribution in [-0.4, -0.2) is 41.4 Å². The third kappa shape index (κ3) is 3.23. The number of aliphatic hydroxyl groups excluding tert-OH is 2. The first-order chi connectivity index (χ1) is 12.2. The molecule has 140 valence electrons. The summed E-state index contributed by atoms with van der Waals surface area (Å²) in [7, 11) is 0. The standard InChI is InChI=1S/C21H32O4/c1-2-14-10-15-6-7-16(18(12-22)20(23)17(15)11-14)19-13-24-21(25-19)8-4-3-5-9-21/h2,6-7,14-20,22-23H,1,3-5,8-13H2/t14-,15+,16-,17-,18+,19+,20-/m0/s1. The predicted molar refractivity (Wildman–Crippen MR) is 95.8 cm³/mol. The molecule has 1 spiro atoms. The molecule has 1 saturated heterocycles. The van der Waals surface area contributed by atoms with Gasteiger partial charge in [0.05, 0.1) is 18.8 Å². The lowest BCUT2D eigenvalue weighted by Crippen LogP contribution is -2.41. The van der Waals surface area contributed by atoms with Crippen molar-refractivity contribution in [3.05, 3.63) is 24.8 Å². The number of fused-ring (bicyclic) bond motifs is 1. The molecular weight excluding hydrogens is 316 g/mol. The molecule has 0 aromatic heterocycles. The van der Waals surface area contributed by atoms with Crippen molar-refractivity contribution in [2.75, 3.05) is 13.2 Å². The van der Waals surface area contributed by atoms with Crippen LogP contribution in [0, 0.1) is 29.6 Å².